The average Bonchev–Trinajstić information content (AvgIpc) is 3.43. The molecule has 1 N–H and O–H groups in total. The van der Waals surface area contributed by atoms with Gasteiger partial charge in [-0.3, -0.25) is 9.69 Å². The number of ether oxygens (including phenoxy) is 2. The number of carbonyl (C=O) groups excluding carboxylic acids is 1. The SMILES string of the molecule is O=C(CSc1nnc(CN2CCCC2)n1Cc1ccccc1)Nc1ccc2c(c1)OCCCO2. The molecule has 0 aliphatic carbocycles. The minimum Gasteiger partial charge on any atom is -0.490 e. The van der Waals surface area contributed by atoms with E-state index in [1.54, 1.807) is 0 Å². The first-order valence-electron chi connectivity index (χ1n) is 11.8. The van der Waals surface area contributed by atoms with Gasteiger partial charge in [0.25, 0.3) is 0 Å². The fourth-order valence-corrected chi connectivity index (χ4v) is 4.93. The number of hydrogen-bond acceptors (Lipinski definition) is 7. The van der Waals surface area contributed by atoms with E-state index < -0.39 is 0 Å². The zero-order valence-electron chi connectivity index (χ0n) is 19.1. The van der Waals surface area contributed by atoms with E-state index in [2.05, 4.69) is 37.1 Å². The highest BCUT2D eigenvalue weighted by Crippen LogP contribution is 2.32. The zero-order valence-corrected chi connectivity index (χ0v) is 19.9. The molecule has 1 aromatic heterocycles. The van der Waals surface area contributed by atoms with Crippen molar-refractivity contribution >= 4 is 23.4 Å². The Balaban J connectivity index is 1.25. The molecular formula is C25H29N5O3S. The van der Waals surface area contributed by atoms with Crippen LogP contribution in [0.1, 0.15) is 30.7 Å². The van der Waals surface area contributed by atoms with Crippen LogP contribution in [0, 0.1) is 0 Å². The summed E-state index contributed by atoms with van der Waals surface area (Å²) < 4.78 is 13.5. The number of benzene rings is 2. The van der Waals surface area contributed by atoms with Crippen molar-refractivity contribution in [2.75, 3.05) is 37.4 Å². The molecule has 0 spiro atoms. The van der Waals surface area contributed by atoms with Gasteiger partial charge in [0.15, 0.2) is 16.7 Å². The number of thioether (sulfide) groups is 1. The van der Waals surface area contributed by atoms with Gasteiger partial charge in [-0.05, 0) is 43.6 Å². The molecule has 2 aliphatic heterocycles. The summed E-state index contributed by atoms with van der Waals surface area (Å²) in [6.45, 7) is 4.90. The third kappa shape index (κ3) is 5.71. The highest BCUT2D eigenvalue weighted by molar-refractivity contribution is 7.99. The standard InChI is InChI=1S/C25H29N5O3S/c31-24(26-20-9-10-21-22(15-20)33-14-6-13-32-21)18-34-25-28-27-23(17-29-11-4-5-12-29)30(25)16-19-7-2-1-3-8-19/h1-3,7-10,15H,4-6,11-14,16-18H2,(H,26,31). The summed E-state index contributed by atoms with van der Waals surface area (Å²) in [7, 11) is 0. The molecule has 0 unspecified atom stereocenters. The second kappa shape index (κ2) is 10.9. The van der Waals surface area contributed by atoms with E-state index >= 15 is 0 Å². The predicted octanol–water partition coefficient (Wildman–Crippen LogP) is 3.81. The van der Waals surface area contributed by atoms with Gasteiger partial charge in [0, 0.05) is 18.2 Å². The fourth-order valence-electron chi connectivity index (χ4n) is 4.18. The number of nitrogens with one attached hydrogen (secondary N) is 1. The molecule has 0 atom stereocenters. The largest absolute Gasteiger partial charge is 0.490 e. The van der Waals surface area contributed by atoms with Crippen LogP contribution in [0.3, 0.4) is 0 Å². The topological polar surface area (TPSA) is 81.5 Å². The Morgan fingerprint density at radius 2 is 1.74 bits per heavy atom. The van der Waals surface area contributed by atoms with Crippen LogP contribution < -0.4 is 14.8 Å². The van der Waals surface area contributed by atoms with Crippen molar-refractivity contribution in [3.05, 3.63) is 59.9 Å². The van der Waals surface area contributed by atoms with E-state index in [9.17, 15) is 4.79 Å². The molecule has 0 saturated carbocycles. The molecule has 0 bridgehead atoms. The first-order valence-corrected chi connectivity index (χ1v) is 12.7. The summed E-state index contributed by atoms with van der Waals surface area (Å²) in [4.78, 5) is 15.1. The molecule has 2 aromatic carbocycles. The lowest BCUT2D eigenvalue weighted by Gasteiger charge is -2.16. The minimum atomic E-state index is -0.102. The van der Waals surface area contributed by atoms with E-state index in [4.69, 9.17) is 9.47 Å². The molecule has 3 aromatic rings. The smallest absolute Gasteiger partial charge is 0.234 e. The van der Waals surface area contributed by atoms with Crippen molar-refractivity contribution in [3.63, 3.8) is 0 Å². The van der Waals surface area contributed by atoms with Gasteiger partial charge >= 0.3 is 0 Å². The Labute approximate surface area is 203 Å². The average molecular weight is 480 g/mol. The number of aromatic nitrogens is 3. The Morgan fingerprint density at radius 1 is 0.941 bits per heavy atom. The summed E-state index contributed by atoms with van der Waals surface area (Å²) in [5, 5.41) is 12.6. The third-order valence-electron chi connectivity index (χ3n) is 5.90. The lowest BCUT2D eigenvalue weighted by molar-refractivity contribution is -0.113. The molecule has 1 fully saturated rings. The highest BCUT2D eigenvalue weighted by Gasteiger charge is 2.19. The van der Waals surface area contributed by atoms with E-state index in [-0.39, 0.29) is 11.7 Å². The maximum absolute atomic E-state index is 12.7. The number of likely N-dealkylation sites (tertiary alicyclic amines) is 1. The molecule has 3 heterocycles. The Kier molecular flexibility index (Phi) is 7.31. The van der Waals surface area contributed by atoms with Crippen LogP contribution in [0.5, 0.6) is 11.5 Å². The number of fused-ring (bicyclic) bond motifs is 1. The highest BCUT2D eigenvalue weighted by atomic mass is 32.2. The molecule has 9 heteroatoms. The van der Waals surface area contributed by atoms with Crippen LogP contribution in [0.2, 0.25) is 0 Å². The van der Waals surface area contributed by atoms with Crippen LogP contribution in [-0.4, -0.2) is 57.6 Å². The summed E-state index contributed by atoms with van der Waals surface area (Å²) in [5.74, 6) is 2.46. The van der Waals surface area contributed by atoms with Crippen LogP contribution in [0.15, 0.2) is 53.7 Å². The van der Waals surface area contributed by atoms with Gasteiger partial charge in [0.1, 0.15) is 5.82 Å². The summed E-state index contributed by atoms with van der Waals surface area (Å²) in [5.41, 5.74) is 1.87. The molecule has 34 heavy (non-hydrogen) atoms. The van der Waals surface area contributed by atoms with E-state index in [0.29, 0.717) is 36.9 Å². The number of hydrogen-bond donors (Lipinski definition) is 1. The maximum atomic E-state index is 12.7. The Morgan fingerprint density at radius 3 is 2.56 bits per heavy atom. The summed E-state index contributed by atoms with van der Waals surface area (Å²) >= 11 is 1.41. The maximum Gasteiger partial charge on any atom is 0.234 e. The number of rotatable bonds is 8. The Hall–Kier alpha value is -3.04. The fraction of sp³-hybridized carbons (Fsp3) is 0.400. The van der Waals surface area contributed by atoms with Gasteiger partial charge in [0.05, 0.1) is 32.1 Å². The van der Waals surface area contributed by atoms with Crippen molar-refractivity contribution in [3.8, 4) is 11.5 Å². The molecular weight excluding hydrogens is 450 g/mol. The second-order valence-electron chi connectivity index (χ2n) is 8.50. The third-order valence-corrected chi connectivity index (χ3v) is 6.87. The lowest BCUT2D eigenvalue weighted by Crippen LogP contribution is -2.22. The van der Waals surface area contributed by atoms with Gasteiger partial charge in [-0.1, -0.05) is 42.1 Å². The number of nitrogens with zero attached hydrogens (tertiary/aromatic N) is 4. The number of carbonyl (C=O) groups is 1. The van der Waals surface area contributed by atoms with Crippen LogP contribution in [0.4, 0.5) is 5.69 Å². The molecule has 1 saturated heterocycles. The van der Waals surface area contributed by atoms with Gasteiger partial charge < -0.3 is 19.4 Å². The molecule has 8 nitrogen and oxygen atoms in total. The Bertz CT molecular complexity index is 1110. The molecule has 1 amide bonds. The molecule has 2 aliphatic rings. The predicted molar refractivity (Wildman–Crippen MR) is 131 cm³/mol. The van der Waals surface area contributed by atoms with Gasteiger partial charge in [0.2, 0.25) is 5.91 Å². The quantitative estimate of drug-likeness (QED) is 0.492. The minimum absolute atomic E-state index is 0.102. The molecule has 5 rings (SSSR count). The van der Waals surface area contributed by atoms with E-state index in [0.717, 1.165) is 37.0 Å². The van der Waals surface area contributed by atoms with Crippen molar-refractivity contribution < 1.29 is 14.3 Å². The van der Waals surface area contributed by atoms with Gasteiger partial charge in [-0.2, -0.15) is 0 Å². The summed E-state index contributed by atoms with van der Waals surface area (Å²) in [6.07, 6.45) is 3.30. The normalized spacial score (nSPS) is 15.8. The van der Waals surface area contributed by atoms with Crippen molar-refractivity contribution in [1.82, 2.24) is 19.7 Å². The molecule has 0 radical (unpaired) electrons. The summed E-state index contributed by atoms with van der Waals surface area (Å²) in [6, 6.07) is 15.8. The van der Waals surface area contributed by atoms with Gasteiger partial charge in [-0.15, -0.1) is 10.2 Å². The van der Waals surface area contributed by atoms with Crippen molar-refractivity contribution in [2.24, 2.45) is 0 Å². The van der Waals surface area contributed by atoms with Crippen molar-refractivity contribution in [2.45, 2.75) is 37.5 Å². The number of amides is 1. The number of anilines is 1. The van der Waals surface area contributed by atoms with Crippen LogP contribution in [-0.2, 0) is 17.9 Å². The molecule has 178 valence electrons. The zero-order chi connectivity index (χ0) is 23.2. The lowest BCUT2D eigenvalue weighted by atomic mass is 10.2. The van der Waals surface area contributed by atoms with Crippen molar-refractivity contribution in [1.29, 1.82) is 0 Å². The van der Waals surface area contributed by atoms with Gasteiger partial charge in [-0.25, -0.2) is 0 Å². The first kappa shape index (κ1) is 22.7. The first-order chi connectivity index (χ1) is 16.7. The van der Waals surface area contributed by atoms with E-state index in [1.807, 2.05) is 36.4 Å². The van der Waals surface area contributed by atoms with E-state index in [1.165, 1.54) is 30.2 Å². The monoisotopic (exact) mass is 479 g/mol. The van der Waals surface area contributed by atoms with Crippen LogP contribution >= 0.6 is 11.8 Å². The second-order valence-corrected chi connectivity index (χ2v) is 9.45. The van der Waals surface area contributed by atoms with Crippen LogP contribution in [0.25, 0.3) is 0 Å².